The summed E-state index contributed by atoms with van der Waals surface area (Å²) in [5.74, 6) is -0.355. The molecule has 8 heteroatoms. The lowest BCUT2D eigenvalue weighted by molar-refractivity contribution is -0.119. The number of carbonyl (C=O) groups excluding carboxylic acids is 2. The van der Waals surface area contributed by atoms with Gasteiger partial charge in [-0.05, 0) is 37.1 Å². The Bertz CT molecular complexity index is 991. The van der Waals surface area contributed by atoms with Crippen molar-refractivity contribution in [3.05, 3.63) is 64.6 Å². The first-order chi connectivity index (χ1) is 13.6. The van der Waals surface area contributed by atoms with Crippen LogP contribution in [0.1, 0.15) is 23.2 Å². The monoisotopic (exact) mass is 456 g/mol. The molecule has 1 fully saturated rings. The van der Waals surface area contributed by atoms with Gasteiger partial charge in [-0.25, -0.2) is 0 Å². The fourth-order valence-corrected chi connectivity index (χ4v) is 4.22. The first kappa shape index (κ1) is 18.8. The number of carbonyl (C=O) groups is 2. The highest BCUT2D eigenvalue weighted by Crippen LogP contribution is 2.27. The number of rotatable bonds is 4. The molecule has 28 heavy (non-hydrogen) atoms. The molecular weight excluding hydrogens is 440 g/mol. The van der Waals surface area contributed by atoms with Crippen molar-refractivity contribution in [1.29, 1.82) is 0 Å². The minimum atomic E-state index is -0.500. The van der Waals surface area contributed by atoms with Crippen LogP contribution in [0.25, 0.3) is 10.6 Å². The van der Waals surface area contributed by atoms with Crippen LogP contribution in [0, 0.1) is 0 Å². The van der Waals surface area contributed by atoms with Crippen molar-refractivity contribution < 1.29 is 9.59 Å². The number of nitrogens with zero attached hydrogens (tertiary/aromatic N) is 3. The van der Waals surface area contributed by atoms with Gasteiger partial charge in [0.1, 0.15) is 11.0 Å². The Balaban J connectivity index is 1.46. The largest absolute Gasteiger partial charge is 0.327 e. The number of hydrogen-bond acceptors (Lipinski definition) is 5. The first-order valence-electron chi connectivity index (χ1n) is 8.88. The number of amides is 2. The van der Waals surface area contributed by atoms with Crippen molar-refractivity contribution in [1.82, 2.24) is 15.1 Å². The summed E-state index contributed by atoms with van der Waals surface area (Å²) < 4.78 is 0.908. The van der Waals surface area contributed by atoms with Gasteiger partial charge in [0.15, 0.2) is 0 Å². The summed E-state index contributed by atoms with van der Waals surface area (Å²) in [5, 5.41) is 12.2. The molecule has 1 N–H and O–H groups in total. The maximum absolute atomic E-state index is 12.8. The summed E-state index contributed by atoms with van der Waals surface area (Å²) in [6.45, 7) is 0.568. The van der Waals surface area contributed by atoms with E-state index in [1.807, 2.05) is 42.5 Å². The Morgan fingerprint density at radius 2 is 1.82 bits per heavy atom. The molecule has 0 aliphatic carbocycles. The summed E-state index contributed by atoms with van der Waals surface area (Å²) in [7, 11) is 0. The number of hydrogen-bond donors (Lipinski definition) is 1. The minimum absolute atomic E-state index is 0.132. The Kier molecular flexibility index (Phi) is 5.50. The lowest BCUT2D eigenvalue weighted by Gasteiger charge is -2.23. The van der Waals surface area contributed by atoms with E-state index in [1.165, 1.54) is 11.3 Å². The Labute approximate surface area is 174 Å². The van der Waals surface area contributed by atoms with Crippen molar-refractivity contribution in [2.24, 2.45) is 0 Å². The predicted octanol–water partition coefficient (Wildman–Crippen LogP) is 4.21. The van der Waals surface area contributed by atoms with Gasteiger partial charge in [-0.2, -0.15) is 0 Å². The zero-order chi connectivity index (χ0) is 19.5. The molecule has 2 aromatic carbocycles. The number of halogens is 1. The topological polar surface area (TPSA) is 75.2 Å². The highest BCUT2D eigenvalue weighted by Gasteiger charge is 2.35. The zero-order valence-electron chi connectivity index (χ0n) is 14.8. The SMILES string of the molecule is O=C(Nc1nnc(-c2ccccc2)s1)[C@@H]1CCCN1C(=O)c1ccc(Br)cc1. The van der Waals surface area contributed by atoms with E-state index in [0.717, 1.165) is 21.5 Å². The molecule has 142 valence electrons. The quantitative estimate of drug-likeness (QED) is 0.637. The predicted molar refractivity (Wildman–Crippen MR) is 112 cm³/mol. The summed E-state index contributed by atoms with van der Waals surface area (Å²) >= 11 is 4.69. The van der Waals surface area contributed by atoms with Crippen molar-refractivity contribution in [2.45, 2.75) is 18.9 Å². The van der Waals surface area contributed by atoms with Crippen molar-refractivity contribution in [3.63, 3.8) is 0 Å². The van der Waals surface area contributed by atoms with E-state index in [4.69, 9.17) is 0 Å². The average molecular weight is 457 g/mol. The molecule has 4 rings (SSSR count). The lowest BCUT2D eigenvalue weighted by atomic mass is 10.1. The van der Waals surface area contributed by atoms with Crippen LogP contribution in [0.3, 0.4) is 0 Å². The molecule has 1 aliphatic heterocycles. The average Bonchev–Trinajstić information content (AvgIpc) is 3.38. The molecule has 1 atom stereocenters. The van der Waals surface area contributed by atoms with Gasteiger partial charge in [-0.3, -0.25) is 14.9 Å². The van der Waals surface area contributed by atoms with E-state index in [0.29, 0.717) is 23.7 Å². The van der Waals surface area contributed by atoms with Crippen LogP contribution in [0.2, 0.25) is 0 Å². The van der Waals surface area contributed by atoms with Gasteiger partial charge in [-0.1, -0.05) is 57.6 Å². The molecule has 1 saturated heterocycles. The normalized spacial score (nSPS) is 16.2. The number of benzene rings is 2. The highest BCUT2D eigenvalue weighted by atomic mass is 79.9. The van der Waals surface area contributed by atoms with Crippen LogP contribution in [0.5, 0.6) is 0 Å². The fraction of sp³-hybridized carbons (Fsp3) is 0.200. The summed E-state index contributed by atoms with van der Waals surface area (Å²) in [6, 6.07) is 16.4. The van der Waals surface area contributed by atoms with E-state index in [9.17, 15) is 9.59 Å². The third-order valence-corrected chi connectivity index (χ3v) is 6.00. The third-order valence-electron chi connectivity index (χ3n) is 4.58. The highest BCUT2D eigenvalue weighted by molar-refractivity contribution is 9.10. The maximum Gasteiger partial charge on any atom is 0.254 e. The molecule has 0 bridgehead atoms. The van der Waals surface area contributed by atoms with E-state index in [-0.39, 0.29) is 11.8 Å². The van der Waals surface area contributed by atoms with Gasteiger partial charge < -0.3 is 4.90 Å². The second kappa shape index (κ2) is 8.20. The molecule has 2 amide bonds. The van der Waals surface area contributed by atoms with Gasteiger partial charge in [-0.15, -0.1) is 10.2 Å². The Morgan fingerprint density at radius 3 is 2.57 bits per heavy atom. The summed E-state index contributed by atoms with van der Waals surface area (Å²) in [5.41, 5.74) is 1.53. The van der Waals surface area contributed by atoms with Gasteiger partial charge in [0.25, 0.3) is 5.91 Å². The van der Waals surface area contributed by atoms with Gasteiger partial charge in [0, 0.05) is 22.1 Å². The Hall–Kier alpha value is -2.58. The number of likely N-dealkylation sites (tertiary alicyclic amines) is 1. The Morgan fingerprint density at radius 1 is 1.07 bits per heavy atom. The van der Waals surface area contributed by atoms with Crippen LogP contribution in [-0.2, 0) is 4.79 Å². The molecule has 0 spiro atoms. The molecule has 6 nitrogen and oxygen atoms in total. The molecule has 0 unspecified atom stereocenters. The van der Waals surface area contributed by atoms with Crippen LogP contribution in [0.15, 0.2) is 59.1 Å². The third kappa shape index (κ3) is 3.98. The van der Waals surface area contributed by atoms with Crippen molar-refractivity contribution in [2.75, 3.05) is 11.9 Å². The van der Waals surface area contributed by atoms with E-state index < -0.39 is 6.04 Å². The minimum Gasteiger partial charge on any atom is -0.327 e. The van der Waals surface area contributed by atoms with E-state index >= 15 is 0 Å². The number of aromatic nitrogens is 2. The fourth-order valence-electron chi connectivity index (χ4n) is 3.20. The number of nitrogens with one attached hydrogen (secondary N) is 1. The smallest absolute Gasteiger partial charge is 0.254 e. The van der Waals surface area contributed by atoms with Crippen LogP contribution < -0.4 is 5.32 Å². The second-order valence-electron chi connectivity index (χ2n) is 6.43. The van der Waals surface area contributed by atoms with Crippen LogP contribution in [-0.4, -0.2) is 39.5 Å². The standard InChI is InChI=1S/C20H17BrN4O2S/c21-15-10-8-14(9-11-15)19(27)25-12-4-7-16(25)17(26)22-20-24-23-18(28-20)13-5-2-1-3-6-13/h1-3,5-6,8-11,16H,4,7,12H2,(H,22,24,26)/t16-/m0/s1. The van der Waals surface area contributed by atoms with Crippen molar-refractivity contribution >= 4 is 44.2 Å². The molecule has 0 saturated carbocycles. The summed E-state index contributed by atoms with van der Waals surface area (Å²) in [4.78, 5) is 27.2. The zero-order valence-corrected chi connectivity index (χ0v) is 17.2. The van der Waals surface area contributed by atoms with Gasteiger partial charge >= 0.3 is 0 Å². The molecule has 2 heterocycles. The van der Waals surface area contributed by atoms with Gasteiger partial charge in [0.2, 0.25) is 11.0 Å². The van der Waals surface area contributed by atoms with Crippen LogP contribution in [0.4, 0.5) is 5.13 Å². The molecular formula is C20H17BrN4O2S. The second-order valence-corrected chi connectivity index (χ2v) is 8.32. The molecule has 1 aliphatic rings. The summed E-state index contributed by atoms with van der Waals surface area (Å²) in [6.07, 6.45) is 1.43. The van der Waals surface area contributed by atoms with E-state index in [2.05, 4.69) is 31.4 Å². The van der Waals surface area contributed by atoms with Crippen molar-refractivity contribution in [3.8, 4) is 10.6 Å². The van der Waals surface area contributed by atoms with Gasteiger partial charge in [0.05, 0.1) is 0 Å². The first-order valence-corrected chi connectivity index (χ1v) is 10.5. The van der Waals surface area contributed by atoms with Crippen LogP contribution >= 0.6 is 27.3 Å². The lowest BCUT2D eigenvalue weighted by Crippen LogP contribution is -2.43. The molecule has 3 aromatic rings. The number of anilines is 1. The molecule has 0 radical (unpaired) electrons. The molecule has 1 aromatic heterocycles. The maximum atomic E-state index is 12.8. The van der Waals surface area contributed by atoms with E-state index in [1.54, 1.807) is 17.0 Å².